The molecular formula is C15H11BrN2O2S2. The Balaban J connectivity index is 1.87. The van der Waals surface area contributed by atoms with Gasteiger partial charge in [-0.2, -0.15) is 0 Å². The number of fused-ring (bicyclic) bond motifs is 2. The Labute approximate surface area is 145 Å². The number of nitrogens with one attached hydrogen (secondary N) is 2. The van der Waals surface area contributed by atoms with Crippen molar-refractivity contribution in [3.63, 3.8) is 0 Å². The van der Waals surface area contributed by atoms with E-state index >= 15 is 0 Å². The molecular weight excluding hydrogens is 384 g/mol. The van der Waals surface area contributed by atoms with Gasteiger partial charge in [0.2, 0.25) is 0 Å². The van der Waals surface area contributed by atoms with Crippen LogP contribution in [0.4, 0.5) is 0 Å². The molecule has 2 atom stereocenters. The van der Waals surface area contributed by atoms with Gasteiger partial charge in [-0.05, 0) is 41.9 Å². The van der Waals surface area contributed by atoms with Gasteiger partial charge in [0.15, 0.2) is 10.7 Å². The molecule has 22 heavy (non-hydrogen) atoms. The Hall–Kier alpha value is -1.44. The predicted octanol–water partition coefficient (Wildman–Crippen LogP) is 3.23. The standard InChI is InChI=1S/C15H11BrN2O2S2/c16-8-3-4-10-9(6-8)15(13(19)17-14(21)18-15)7-11(20-10)12-2-1-5-22-12/h1-6,11H,7H2,(H2,17,18,19,21). The smallest absolute Gasteiger partial charge is 0.256 e. The number of carbonyl (C=O) groups is 1. The van der Waals surface area contributed by atoms with Crippen molar-refractivity contribution in [2.75, 3.05) is 0 Å². The monoisotopic (exact) mass is 394 g/mol. The Morgan fingerprint density at radius 1 is 1.41 bits per heavy atom. The van der Waals surface area contributed by atoms with E-state index in [-0.39, 0.29) is 12.0 Å². The summed E-state index contributed by atoms with van der Waals surface area (Å²) in [5.41, 5.74) is -0.0599. The van der Waals surface area contributed by atoms with Crippen LogP contribution < -0.4 is 15.4 Å². The predicted molar refractivity (Wildman–Crippen MR) is 92.0 cm³/mol. The first-order valence-corrected chi connectivity index (χ1v) is 8.80. The average molecular weight is 395 g/mol. The molecule has 1 aromatic carbocycles. The molecule has 1 amide bonds. The maximum atomic E-state index is 12.6. The Bertz CT molecular complexity index is 778. The van der Waals surface area contributed by atoms with Crippen LogP contribution in [0.15, 0.2) is 40.2 Å². The number of hydrogen-bond donors (Lipinski definition) is 2. The summed E-state index contributed by atoms with van der Waals surface area (Å²) in [7, 11) is 0. The zero-order valence-electron chi connectivity index (χ0n) is 11.3. The quantitative estimate of drug-likeness (QED) is 0.728. The molecule has 112 valence electrons. The summed E-state index contributed by atoms with van der Waals surface area (Å²) >= 11 is 10.2. The van der Waals surface area contributed by atoms with E-state index in [1.807, 2.05) is 35.7 Å². The summed E-state index contributed by atoms with van der Waals surface area (Å²) in [6, 6.07) is 9.73. The van der Waals surface area contributed by atoms with Crippen LogP contribution in [-0.4, -0.2) is 11.0 Å². The molecule has 1 fully saturated rings. The van der Waals surface area contributed by atoms with Crippen LogP contribution in [0.2, 0.25) is 0 Å². The van der Waals surface area contributed by atoms with Crippen molar-refractivity contribution in [1.29, 1.82) is 0 Å². The van der Waals surface area contributed by atoms with Gasteiger partial charge in [0.1, 0.15) is 11.9 Å². The minimum atomic E-state index is -0.872. The highest BCUT2D eigenvalue weighted by atomic mass is 79.9. The van der Waals surface area contributed by atoms with Crippen LogP contribution in [0.1, 0.15) is 23.0 Å². The number of hydrogen-bond acceptors (Lipinski definition) is 4. The van der Waals surface area contributed by atoms with E-state index in [4.69, 9.17) is 17.0 Å². The van der Waals surface area contributed by atoms with Crippen molar-refractivity contribution >= 4 is 50.5 Å². The fourth-order valence-corrected chi connectivity index (χ4v) is 4.36. The van der Waals surface area contributed by atoms with E-state index in [2.05, 4.69) is 26.6 Å². The molecule has 1 saturated heterocycles. The molecule has 2 aliphatic heterocycles. The summed E-state index contributed by atoms with van der Waals surface area (Å²) in [4.78, 5) is 13.7. The number of thiophene rings is 1. The van der Waals surface area contributed by atoms with E-state index in [0.29, 0.717) is 17.3 Å². The number of benzene rings is 1. The van der Waals surface area contributed by atoms with Crippen molar-refractivity contribution in [3.05, 3.63) is 50.6 Å². The minimum absolute atomic E-state index is 0.123. The number of halogens is 1. The fraction of sp³-hybridized carbons (Fsp3) is 0.200. The molecule has 7 heteroatoms. The molecule has 0 bridgehead atoms. The second kappa shape index (κ2) is 5.04. The molecule has 0 radical (unpaired) electrons. The first-order chi connectivity index (χ1) is 10.6. The van der Waals surface area contributed by atoms with Crippen LogP contribution in [0, 0.1) is 0 Å². The Morgan fingerprint density at radius 2 is 2.27 bits per heavy atom. The molecule has 2 aliphatic rings. The van der Waals surface area contributed by atoms with Gasteiger partial charge in [-0.1, -0.05) is 22.0 Å². The number of ether oxygens (including phenoxy) is 1. The van der Waals surface area contributed by atoms with E-state index in [1.54, 1.807) is 11.3 Å². The van der Waals surface area contributed by atoms with Crippen molar-refractivity contribution in [2.24, 2.45) is 0 Å². The van der Waals surface area contributed by atoms with E-state index in [1.165, 1.54) is 0 Å². The van der Waals surface area contributed by atoms with E-state index in [0.717, 1.165) is 14.9 Å². The van der Waals surface area contributed by atoms with Gasteiger partial charge in [0, 0.05) is 21.3 Å². The lowest BCUT2D eigenvalue weighted by atomic mass is 9.81. The highest BCUT2D eigenvalue weighted by Gasteiger charge is 2.52. The molecule has 1 aromatic heterocycles. The molecule has 2 aromatic rings. The Kier molecular flexibility index (Phi) is 3.25. The van der Waals surface area contributed by atoms with E-state index < -0.39 is 5.54 Å². The maximum absolute atomic E-state index is 12.6. The number of carbonyl (C=O) groups excluding carboxylic acids is 1. The average Bonchev–Trinajstić information content (AvgIpc) is 3.09. The molecule has 0 aliphatic carbocycles. The van der Waals surface area contributed by atoms with Crippen LogP contribution in [-0.2, 0) is 10.3 Å². The lowest BCUT2D eigenvalue weighted by Crippen LogP contribution is -2.48. The second-order valence-electron chi connectivity index (χ2n) is 5.28. The lowest BCUT2D eigenvalue weighted by Gasteiger charge is -2.37. The third-order valence-electron chi connectivity index (χ3n) is 3.96. The molecule has 3 heterocycles. The van der Waals surface area contributed by atoms with Crippen molar-refractivity contribution in [3.8, 4) is 5.75 Å². The summed E-state index contributed by atoms with van der Waals surface area (Å²) in [5, 5.41) is 8.26. The molecule has 0 saturated carbocycles. The van der Waals surface area contributed by atoms with Crippen LogP contribution in [0.5, 0.6) is 5.75 Å². The zero-order valence-corrected chi connectivity index (χ0v) is 14.5. The van der Waals surface area contributed by atoms with Crippen LogP contribution in [0.3, 0.4) is 0 Å². The molecule has 2 N–H and O–H groups in total. The van der Waals surface area contributed by atoms with Gasteiger partial charge in [0.25, 0.3) is 5.91 Å². The van der Waals surface area contributed by atoms with Gasteiger partial charge >= 0.3 is 0 Å². The highest BCUT2D eigenvalue weighted by Crippen LogP contribution is 2.47. The van der Waals surface area contributed by atoms with Gasteiger partial charge in [-0.25, -0.2) is 0 Å². The number of thiocarbonyl (C=S) groups is 1. The molecule has 1 spiro atoms. The van der Waals surface area contributed by atoms with Gasteiger partial charge in [-0.3, -0.25) is 4.79 Å². The summed E-state index contributed by atoms with van der Waals surface area (Å²) in [5.74, 6) is 0.585. The first kappa shape index (κ1) is 14.2. The zero-order chi connectivity index (χ0) is 15.3. The maximum Gasteiger partial charge on any atom is 0.256 e. The third kappa shape index (κ3) is 2.07. The van der Waals surface area contributed by atoms with Gasteiger partial charge < -0.3 is 15.4 Å². The van der Waals surface area contributed by atoms with Crippen molar-refractivity contribution in [1.82, 2.24) is 10.6 Å². The SMILES string of the molecule is O=C1NC(=S)NC12CC(c1cccs1)Oc1ccc(Br)cc12. The summed E-state index contributed by atoms with van der Waals surface area (Å²) in [6.45, 7) is 0. The fourth-order valence-electron chi connectivity index (χ4n) is 2.98. The lowest BCUT2D eigenvalue weighted by molar-refractivity contribution is -0.126. The minimum Gasteiger partial charge on any atom is -0.484 e. The third-order valence-corrected chi connectivity index (χ3v) is 5.63. The second-order valence-corrected chi connectivity index (χ2v) is 7.58. The van der Waals surface area contributed by atoms with Crippen molar-refractivity contribution < 1.29 is 9.53 Å². The van der Waals surface area contributed by atoms with Crippen molar-refractivity contribution in [2.45, 2.75) is 18.1 Å². The normalized spacial score (nSPS) is 26.3. The van der Waals surface area contributed by atoms with Gasteiger partial charge in [-0.15, -0.1) is 11.3 Å². The Morgan fingerprint density at radius 3 is 2.95 bits per heavy atom. The first-order valence-electron chi connectivity index (χ1n) is 6.72. The topological polar surface area (TPSA) is 50.4 Å². The molecule has 4 rings (SSSR count). The van der Waals surface area contributed by atoms with Crippen LogP contribution in [0.25, 0.3) is 0 Å². The van der Waals surface area contributed by atoms with E-state index in [9.17, 15) is 4.79 Å². The number of rotatable bonds is 1. The largest absolute Gasteiger partial charge is 0.484 e. The summed E-state index contributed by atoms with van der Waals surface area (Å²) < 4.78 is 7.03. The number of amides is 1. The van der Waals surface area contributed by atoms with Gasteiger partial charge in [0.05, 0.1) is 0 Å². The summed E-state index contributed by atoms with van der Waals surface area (Å²) in [6.07, 6.45) is 0.330. The van der Waals surface area contributed by atoms with Crippen LogP contribution >= 0.6 is 39.5 Å². The molecule has 2 unspecified atom stereocenters. The highest BCUT2D eigenvalue weighted by molar-refractivity contribution is 9.10. The molecule has 4 nitrogen and oxygen atoms in total.